The van der Waals surface area contributed by atoms with Crippen molar-refractivity contribution in [2.45, 2.75) is 32.5 Å². The first-order valence-corrected chi connectivity index (χ1v) is 5.69. The number of hydrogen-bond acceptors (Lipinski definition) is 5. The molecule has 0 aliphatic heterocycles. The second-order valence-electron chi connectivity index (χ2n) is 4.74. The van der Waals surface area contributed by atoms with E-state index in [4.69, 9.17) is 9.47 Å². The molecule has 102 valence electrons. The van der Waals surface area contributed by atoms with Gasteiger partial charge in [0.2, 0.25) is 0 Å². The topological polar surface area (TPSA) is 79.8 Å². The van der Waals surface area contributed by atoms with Crippen LogP contribution in [-0.2, 0) is 9.47 Å². The molecule has 1 atom stereocenters. The lowest BCUT2D eigenvalue weighted by Gasteiger charge is -2.19. The van der Waals surface area contributed by atoms with Crippen LogP contribution in [-0.4, -0.2) is 56.3 Å². The average molecular weight is 248 g/mol. The van der Waals surface area contributed by atoms with E-state index in [9.17, 15) is 9.90 Å². The zero-order chi connectivity index (χ0) is 13.3. The molecule has 0 aliphatic rings. The Labute approximate surface area is 103 Å². The van der Waals surface area contributed by atoms with Crippen LogP contribution in [0.4, 0.5) is 4.79 Å². The fraction of sp³-hybridized carbons (Fsp3) is 0.909. The highest BCUT2D eigenvalue weighted by atomic mass is 16.6. The number of methoxy groups -OCH3 is 1. The summed E-state index contributed by atoms with van der Waals surface area (Å²) in [5, 5.41) is 14.9. The molecule has 0 aromatic heterocycles. The van der Waals surface area contributed by atoms with Gasteiger partial charge in [0.25, 0.3) is 0 Å². The normalized spacial score (nSPS) is 13.2. The molecule has 0 fully saturated rings. The first-order chi connectivity index (χ1) is 7.85. The van der Waals surface area contributed by atoms with Gasteiger partial charge in [-0.3, -0.25) is 0 Å². The van der Waals surface area contributed by atoms with Crippen LogP contribution in [0.2, 0.25) is 0 Å². The summed E-state index contributed by atoms with van der Waals surface area (Å²) in [4.78, 5) is 11.2. The van der Waals surface area contributed by atoms with Gasteiger partial charge in [-0.05, 0) is 20.8 Å². The maximum atomic E-state index is 11.2. The average Bonchev–Trinajstić information content (AvgIpc) is 2.14. The highest BCUT2D eigenvalue weighted by molar-refractivity contribution is 5.67. The summed E-state index contributed by atoms with van der Waals surface area (Å²) in [5.74, 6) is 0. The Kier molecular flexibility index (Phi) is 7.86. The van der Waals surface area contributed by atoms with Crippen LogP contribution in [0.3, 0.4) is 0 Å². The van der Waals surface area contributed by atoms with E-state index in [1.54, 1.807) is 0 Å². The molecule has 0 rings (SSSR count). The van der Waals surface area contributed by atoms with Crippen LogP contribution in [0.1, 0.15) is 20.8 Å². The Morgan fingerprint density at radius 3 is 2.53 bits per heavy atom. The summed E-state index contributed by atoms with van der Waals surface area (Å²) in [6.45, 7) is 7.19. The number of hydrogen-bond donors (Lipinski definition) is 3. The summed E-state index contributed by atoms with van der Waals surface area (Å²) < 4.78 is 9.83. The maximum absolute atomic E-state index is 11.2. The second-order valence-corrected chi connectivity index (χ2v) is 4.74. The van der Waals surface area contributed by atoms with E-state index in [1.165, 1.54) is 7.11 Å². The third-order valence-corrected chi connectivity index (χ3v) is 1.71. The standard InChI is InChI=1S/C11H24N2O4/c1-11(2,3)17-10(15)13-6-5-12-7-9(14)8-16-4/h9,12,14H,5-8H2,1-4H3,(H,13,15). The molecule has 6 heteroatoms. The highest BCUT2D eigenvalue weighted by Gasteiger charge is 2.15. The van der Waals surface area contributed by atoms with Crippen molar-refractivity contribution in [3.63, 3.8) is 0 Å². The van der Waals surface area contributed by atoms with Crippen molar-refractivity contribution >= 4 is 6.09 Å². The smallest absolute Gasteiger partial charge is 0.407 e. The number of ether oxygens (including phenoxy) is 2. The van der Waals surface area contributed by atoms with Gasteiger partial charge in [0, 0.05) is 26.7 Å². The lowest BCUT2D eigenvalue weighted by molar-refractivity contribution is 0.0524. The quantitative estimate of drug-likeness (QED) is 0.557. The summed E-state index contributed by atoms with van der Waals surface area (Å²) in [6, 6.07) is 0. The summed E-state index contributed by atoms with van der Waals surface area (Å²) >= 11 is 0. The molecule has 6 nitrogen and oxygen atoms in total. The second kappa shape index (κ2) is 8.27. The van der Waals surface area contributed by atoms with Crippen molar-refractivity contribution in [2.75, 3.05) is 33.4 Å². The number of aliphatic hydroxyl groups excluding tert-OH is 1. The van der Waals surface area contributed by atoms with Gasteiger partial charge in [-0.1, -0.05) is 0 Å². The summed E-state index contributed by atoms with van der Waals surface area (Å²) in [6.07, 6.45) is -0.960. The maximum Gasteiger partial charge on any atom is 0.407 e. The molecule has 0 saturated heterocycles. The van der Waals surface area contributed by atoms with E-state index in [0.29, 0.717) is 26.2 Å². The van der Waals surface area contributed by atoms with Crippen LogP contribution in [0, 0.1) is 0 Å². The van der Waals surface area contributed by atoms with Gasteiger partial charge in [-0.25, -0.2) is 4.79 Å². The van der Waals surface area contributed by atoms with Gasteiger partial charge in [0.05, 0.1) is 12.7 Å². The van der Waals surface area contributed by atoms with Crippen LogP contribution in [0.5, 0.6) is 0 Å². The van der Waals surface area contributed by atoms with Crippen molar-refractivity contribution in [1.29, 1.82) is 0 Å². The SMILES string of the molecule is COCC(O)CNCCNC(=O)OC(C)(C)C. The van der Waals surface area contributed by atoms with Gasteiger partial charge in [0.1, 0.15) is 5.60 Å². The van der Waals surface area contributed by atoms with E-state index in [0.717, 1.165) is 0 Å². The van der Waals surface area contributed by atoms with Crippen molar-refractivity contribution < 1.29 is 19.4 Å². The van der Waals surface area contributed by atoms with Crippen molar-refractivity contribution in [3.05, 3.63) is 0 Å². The molecule has 17 heavy (non-hydrogen) atoms. The Hall–Kier alpha value is -0.850. The fourth-order valence-corrected chi connectivity index (χ4v) is 1.09. The molecule has 3 N–H and O–H groups in total. The van der Waals surface area contributed by atoms with E-state index in [-0.39, 0.29) is 0 Å². The minimum Gasteiger partial charge on any atom is -0.444 e. The predicted molar refractivity (Wildman–Crippen MR) is 65.0 cm³/mol. The lowest BCUT2D eigenvalue weighted by atomic mass is 10.2. The van der Waals surface area contributed by atoms with Crippen LogP contribution < -0.4 is 10.6 Å². The number of carbonyl (C=O) groups is 1. The van der Waals surface area contributed by atoms with Gasteiger partial charge >= 0.3 is 6.09 Å². The highest BCUT2D eigenvalue weighted by Crippen LogP contribution is 2.05. The van der Waals surface area contributed by atoms with Crippen molar-refractivity contribution in [3.8, 4) is 0 Å². The van der Waals surface area contributed by atoms with E-state index < -0.39 is 17.8 Å². The molecular formula is C11H24N2O4. The van der Waals surface area contributed by atoms with Crippen molar-refractivity contribution in [1.82, 2.24) is 10.6 Å². The van der Waals surface area contributed by atoms with E-state index in [2.05, 4.69) is 10.6 Å². The molecule has 0 heterocycles. The molecule has 0 aliphatic carbocycles. The summed E-state index contributed by atoms with van der Waals surface area (Å²) in [5.41, 5.74) is -0.480. The van der Waals surface area contributed by atoms with Crippen LogP contribution >= 0.6 is 0 Å². The fourth-order valence-electron chi connectivity index (χ4n) is 1.09. The van der Waals surface area contributed by atoms with Crippen molar-refractivity contribution in [2.24, 2.45) is 0 Å². The molecular weight excluding hydrogens is 224 g/mol. The number of nitrogens with one attached hydrogen (secondary N) is 2. The van der Waals surface area contributed by atoms with E-state index in [1.807, 2.05) is 20.8 Å². The third kappa shape index (κ3) is 11.4. The Bertz CT molecular complexity index is 216. The minimum absolute atomic E-state index is 0.298. The lowest BCUT2D eigenvalue weighted by Crippen LogP contribution is -2.38. The van der Waals surface area contributed by atoms with Crippen LogP contribution in [0.25, 0.3) is 0 Å². The molecule has 1 unspecified atom stereocenters. The van der Waals surface area contributed by atoms with E-state index >= 15 is 0 Å². The van der Waals surface area contributed by atoms with Gasteiger partial charge in [-0.2, -0.15) is 0 Å². The zero-order valence-corrected chi connectivity index (χ0v) is 11.1. The minimum atomic E-state index is -0.526. The Morgan fingerprint density at radius 2 is 2.00 bits per heavy atom. The largest absolute Gasteiger partial charge is 0.444 e. The molecule has 0 aromatic carbocycles. The Balaban J connectivity index is 3.43. The number of carbonyl (C=O) groups excluding carboxylic acids is 1. The molecule has 1 amide bonds. The van der Waals surface area contributed by atoms with Gasteiger partial charge in [-0.15, -0.1) is 0 Å². The molecule has 0 bridgehead atoms. The number of aliphatic hydroxyl groups is 1. The zero-order valence-electron chi connectivity index (χ0n) is 11.1. The first-order valence-electron chi connectivity index (χ1n) is 5.69. The predicted octanol–water partition coefficient (Wildman–Crippen LogP) is 0.108. The third-order valence-electron chi connectivity index (χ3n) is 1.71. The monoisotopic (exact) mass is 248 g/mol. The molecule has 0 radical (unpaired) electrons. The summed E-state index contributed by atoms with van der Waals surface area (Å²) in [7, 11) is 1.53. The molecule has 0 saturated carbocycles. The molecule has 0 aromatic rings. The number of alkyl carbamates (subject to hydrolysis) is 1. The number of amides is 1. The molecule has 0 spiro atoms. The van der Waals surface area contributed by atoms with Gasteiger partial charge in [0.15, 0.2) is 0 Å². The Morgan fingerprint density at radius 1 is 1.35 bits per heavy atom. The van der Waals surface area contributed by atoms with Gasteiger partial charge < -0.3 is 25.2 Å². The first kappa shape index (κ1) is 16.1. The van der Waals surface area contributed by atoms with Crippen LogP contribution in [0.15, 0.2) is 0 Å². The number of rotatable bonds is 7.